The first-order valence-electron chi connectivity index (χ1n) is 7.09. The lowest BCUT2D eigenvalue weighted by Crippen LogP contribution is -2.27. The van der Waals surface area contributed by atoms with E-state index in [0.29, 0.717) is 23.1 Å². The van der Waals surface area contributed by atoms with Crippen LogP contribution >= 0.6 is 0 Å². The molecule has 21 heavy (non-hydrogen) atoms. The first-order chi connectivity index (χ1) is 10.0. The van der Waals surface area contributed by atoms with Crippen molar-refractivity contribution >= 4 is 16.9 Å². The van der Waals surface area contributed by atoms with Crippen LogP contribution < -0.4 is 0 Å². The summed E-state index contributed by atoms with van der Waals surface area (Å²) in [5.74, 6) is -0.281. The van der Waals surface area contributed by atoms with Crippen LogP contribution in [0.5, 0.6) is 0 Å². The molecule has 0 aliphatic carbocycles. The van der Waals surface area contributed by atoms with Gasteiger partial charge < -0.3 is 14.4 Å². The second-order valence-corrected chi connectivity index (χ2v) is 5.21. The zero-order valence-corrected chi connectivity index (χ0v) is 12.4. The van der Waals surface area contributed by atoms with Crippen LogP contribution in [0, 0.1) is 12.7 Å². The van der Waals surface area contributed by atoms with Crippen molar-refractivity contribution in [3.05, 3.63) is 35.3 Å². The Morgan fingerprint density at radius 3 is 2.81 bits per heavy atom. The van der Waals surface area contributed by atoms with E-state index in [2.05, 4.69) is 0 Å². The molecule has 4 nitrogen and oxygen atoms in total. The molecule has 1 heterocycles. The average molecular weight is 293 g/mol. The third-order valence-electron chi connectivity index (χ3n) is 3.59. The Bertz CT molecular complexity index is 636. The smallest absolute Gasteiger partial charge is 0.289 e. The van der Waals surface area contributed by atoms with E-state index >= 15 is 0 Å². The number of halogens is 1. The maximum absolute atomic E-state index is 13.3. The standard InChI is InChI=1S/C16H20FNO3/c1-11-13-10-12(17)6-7-14(13)21-15(11)16(20)18(2)8-4-3-5-9-19/h6-7,10,19H,3-5,8-9H2,1-2H3. The molecule has 0 unspecified atom stereocenters. The number of benzene rings is 1. The number of hydrogen-bond donors (Lipinski definition) is 1. The van der Waals surface area contributed by atoms with Gasteiger partial charge in [0.15, 0.2) is 5.76 Å². The Balaban J connectivity index is 2.13. The lowest BCUT2D eigenvalue weighted by molar-refractivity contribution is 0.0762. The summed E-state index contributed by atoms with van der Waals surface area (Å²) in [6.07, 6.45) is 2.44. The third-order valence-corrected chi connectivity index (χ3v) is 3.59. The van der Waals surface area contributed by atoms with E-state index in [-0.39, 0.29) is 24.1 Å². The van der Waals surface area contributed by atoms with Gasteiger partial charge in [0.05, 0.1) is 0 Å². The van der Waals surface area contributed by atoms with Crippen molar-refractivity contribution in [2.75, 3.05) is 20.2 Å². The van der Waals surface area contributed by atoms with Gasteiger partial charge in [0.25, 0.3) is 5.91 Å². The number of hydrogen-bond acceptors (Lipinski definition) is 3. The molecule has 0 aliphatic heterocycles. The highest BCUT2D eigenvalue weighted by atomic mass is 19.1. The Hall–Kier alpha value is -1.88. The van der Waals surface area contributed by atoms with Crippen LogP contribution in [0.15, 0.2) is 22.6 Å². The molecule has 0 bridgehead atoms. The number of carbonyl (C=O) groups is 1. The van der Waals surface area contributed by atoms with Gasteiger partial charge in [0.2, 0.25) is 0 Å². The highest BCUT2D eigenvalue weighted by Crippen LogP contribution is 2.26. The van der Waals surface area contributed by atoms with Gasteiger partial charge in [-0.15, -0.1) is 0 Å². The van der Waals surface area contributed by atoms with Crippen LogP contribution in [-0.4, -0.2) is 36.1 Å². The molecular formula is C16H20FNO3. The summed E-state index contributed by atoms with van der Waals surface area (Å²) < 4.78 is 18.8. The minimum atomic E-state index is -0.345. The van der Waals surface area contributed by atoms with Crippen LogP contribution in [0.25, 0.3) is 11.0 Å². The van der Waals surface area contributed by atoms with Crippen molar-refractivity contribution in [3.8, 4) is 0 Å². The number of rotatable bonds is 6. The summed E-state index contributed by atoms with van der Waals surface area (Å²) in [6.45, 7) is 2.54. The van der Waals surface area contributed by atoms with Gasteiger partial charge in [-0.2, -0.15) is 0 Å². The number of unbranched alkanes of at least 4 members (excludes halogenated alkanes) is 2. The molecule has 2 aromatic rings. The van der Waals surface area contributed by atoms with Gasteiger partial charge in [-0.1, -0.05) is 0 Å². The minimum absolute atomic E-state index is 0.173. The number of furan rings is 1. The van der Waals surface area contributed by atoms with Crippen LogP contribution in [0.4, 0.5) is 4.39 Å². The molecule has 0 radical (unpaired) electrons. The summed E-state index contributed by atoms with van der Waals surface area (Å²) in [5, 5.41) is 9.36. The summed E-state index contributed by atoms with van der Waals surface area (Å²) in [5.41, 5.74) is 1.18. The first-order valence-corrected chi connectivity index (χ1v) is 7.09. The summed E-state index contributed by atoms with van der Waals surface area (Å²) in [6, 6.07) is 4.24. The van der Waals surface area contributed by atoms with Crippen molar-refractivity contribution in [1.82, 2.24) is 4.90 Å². The maximum Gasteiger partial charge on any atom is 0.289 e. The Labute approximate surface area is 123 Å². The highest BCUT2D eigenvalue weighted by molar-refractivity contribution is 5.98. The quantitative estimate of drug-likeness (QED) is 0.833. The van der Waals surface area contributed by atoms with E-state index < -0.39 is 0 Å². The summed E-state index contributed by atoms with van der Waals surface area (Å²) in [7, 11) is 1.72. The summed E-state index contributed by atoms with van der Waals surface area (Å²) >= 11 is 0. The van der Waals surface area contributed by atoms with E-state index in [4.69, 9.17) is 9.52 Å². The largest absolute Gasteiger partial charge is 0.451 e. The Morgan fingerprint density at radius 2 is 2.10 bits per heavy atom. The van der Waals surface area contributed by atoms with Crippen molar-refractivity contribution < 1.29 is 18.7 Å². The molecule has 5 heteroatoms. The summed E-state index contributed by atoms with van der Waals surface area (Å²) in [4.78, 5) is 14.0. The van der Waals surface area contributed by atoms with Gasteiger partial charge in [0.1, 0.15) is 11.4 Å². The molecule has 1 aromatic carbocycles. The normalized spacial score (nSPS) is 11.0. The first kappa shape index (κ1) is 15.5. The van der Waals surface area contributed by atoms with Gasteiger partial charge in [0, 0.05) is 31.1 Å². The SMILES string of the molecule is Cc1c(C(=O)N(C)CCCCCO)oc2ccc(F)cc12. The molecular weight excluding hydrogens is 273 g/mol. The van der Waals surface area contributed by atoms with Crippen LogP contribution in [0.3, 0.4) is 0 Å². The Morgan fingerprint density at radius 1 is 1.33 bits per heavy atom. The lowest BCUT2D eigenvalue weighted by Gasteiger charge is -2.15. The van der Waals surface area contributed by atoms with Crippen LogP contribution in [-0.2, 0) is 0 Å². The number of aryl methyl sites for hydroxylation is 1. The zero-order chi connectivity index (χ0) is 15.4. The number of carbonyl (C=O) groups excluding carboxylic acids is 1. The fraction of sp³-hybridized carbons (Fsp3) is 0.438. The molecule has 0 saturated carbocycles. The van der Waals surface area contributed by atoms with Crippen molar-refractivity contribution in [1.29, 1.82) is 0 Å². The van der Waals surface area contributed by atoms with Gasteiger partial charge in [-0.3, -0.25) is 4.79 Å². The second-order valence-electron chi connectivity index (χ2n) is 5.21. The number of amides is 1. The monoisotopic (exact) mass is 293 g/mol. The van der Waals surface area contributed by atoms with Crippen molar-refractivity contribution in [3.63, 3.8) is 0 Å². The molecule has 0 fully saturated rings. The van der Waals surface area contributed by atoms with E-state index in [0.717, 1.165) is 19.3 Å². The zero-order valence-electron chi connectivity index (χ0n) is 12.4. The van der Waals surface area contributed by atoms with Gasteiger partial charge >= 0.3 is 0 Å². The van der Waals surface area contributed by atoms with Crippen molar-refractivity contribution in [2.45, 2.75) is 26.2 Å². The van der Waals surface area contributed by atoms with Crippen LogP contribution in [0.1, 0.15) is 35.4 Å². The molecule has 1 aromatic heterocycles. The van der Waals surface area contributed by atoms with E-state index in [1.165, 1.54) is 18.2 Å². The fourth-order valence-corrected chi connectivity index (χ4v) is 2.31. The lowest BCUT2D eigenvalue weighted by atomic mass is 10.1. The minimum Gasteiger partial charge on any atom is -0.451 e. The van der Waals surface area contributed by atoms with E-state index in [9.17, 15) is 9.18 Å². The van der Waals surface area contributed by atoms with Gasteiger partial charge in [-0.25, -0.2) is 4.39 Å². The number of nitrogens with zero attached hydrogens (tertiary/aromatic N) is 1. The third kappa shape index (κ3) is 3.42. The highest BCUT2D eigenvalue weighted by Gasteiger charge is 2.20. The fourth-order valence-electron chi connectivity index (χ4n) is 2.31. The molecule has 2 rings (SSSR count). The topological polar surface area (TPSA) is 53.7 Å². The van der Waals surface area contributed by atoms with Crippen LogP contribution in [0.2, 0.25) is 0 Å². The molecule has 0 saturated heterocycles. The maximum atomic E-state index is 13.3. The number of aliphatic hydroxyl groups is 1. The predicted octanol–water partition coefficient (Wildman–Crippen LogP) is 3.11. The molecule has 0 atom stereocenters. The molecule has 114 valence electrons. The molecule has 1 amide bonds. The van der Waals surface area contributed by atoms with Crippen molar-refractivity contribution in [2.24, 2.45) is 0 Å². The Kier molecular flexibility index (Phi) is 4.96. The molecule has 0 spiro atoms. The average Bonchev–Trinajstić information content (AvgIpc) is 2.79. The predicted molar refractivity (Wildman–Crippen MR) is 78.8 cm³/mol. The number of fused-ring (bicyclic) bond motifs is 1. The molecule has 1 N–H and O–H groups in total. The number of aliphatic hydroxyl groups excluding tert-OH is 1. The van der Waals surface area contributed by atoms with Gasteiger partial charge in [-0.05, 0) is 44.4 Å². The van der Waals surface area contributed by atoms with E-state index in [1.54, 1.807) is 18.9 Å². The second kappa shape index (κ2) is 6.72. The van der Waals surface area contributed by atoms with E-state index in [1.807, 2.05) is 0 Å². The molecule has 0 aliphatic rings.